The lowest BCUT2D eigenvalue weighted by molar-refractivity contribution is -0.129. The van der Waals surface area contributed by atoms with Crippen LogP contribution in [0.15, 0.2) is 54.6 Å². The Morgan fingerprint density at radius 3 is 2.67 bits per heavy atom. The van der Waals surface area contributed by atoms with Gasteiger partial charge in [0.2, 0.25) is 5.91 Å². The molecular formula is C26H29FN4O2. The van der Waals surface area contributed by atoms with Gasteiger partial charge in [0.1, 0.15) is 5.82 Å². The number of benzene rings is 2. The molecule has 0 bridgehead atoms. The van der Waals surface area contributed by atoms with Gasteiger partial charge in [-0.1, -0.05) is 18.2 Å². The highest BCUT2D eigenvalue weighted by Crippen LogP contribution is 2.30. The van der Waals surface area contributed by atoms with Crippen molar-refractivity contribution in [2.75, 3.05) is 38.1 Å². The predicted molar refractivity (Wildman–Crippen MR) is 128 cm³/mol. The van der Waals surface area contributed by atoms with Crippen LogP contribution in [0.5, 0.6) is 0 Å². The van der Waals surface area contributed by atoms with Gasteiger partial charge in [0, 0.05) is 62.3 Å². The number of nitrogens with zero attached hydrogens (tertiary/aromatic N) is 3. The lowest BCUT2D eigenvalue weighted by Crippen LogP contribution is -2.33. The van der Waals surface area contributed by atoms with Gasteiger partial charge >= 0.3 is 0 Å². The molecule has 6 nitrogen and oxygen atoms in total. The first kappa shape index (κ1) is 22.7. The molecule has 4 rings (SSSR count). The number of rotatable bonds is 7. The highest BCUT2D eigenvalue weighted by atomic mass is 19.1. The Hall–Kier alpha value is -3.48. The highest BCUT2D eigenvalue weighted by Gasteiger charge is 2.29. The minimum absolute atomic E-state index is 0.0985. The first-order valence-corrected chi connectivity index (χ1v) is 11.4. The number of nitrogens with one attached hydrogen (secondary N) is 1. The Morgan fingerprint density at radius 1 is 1.18 bits per heavy atom. The van der Waals surface area contributed by atoms with E-state index in [4.69, 9.17) is 4.98 Å². The van der Waals surface area contributed by atoms with Crippen LogP contribution in [0.2, 0.25) is 0 Å². The molecule has 1 N–H and O–H groups in total. The quantitative estimate of drug-likeness (QED) is 0.594. The summed E-state index contributed by atoms with van der Waals surface area (Å²) < 4.78 is 13.2. The van der Waals surface area contributed by atoms with Gasteiger partial charge in [0.25, 0.3) is 5.91 Å². The van der Waals surface area contributed by atoms with Gasteiger partial charge in [-0.3, -0.25) is 14.6 Å². The number of halogens is 1. The van der Waals surface area contributed by atoms with Gasteiger partial charge in [-0.05, 0) is 49.7 Å². The first-order valence-electron chi connectivity index (χ1n) is 11.4. The van der Waals surface area contributed by atoms with Crippen molar-refractivity contribution < 1.29 is 14.0 Å². The third-order valence-corrected chi connectivity index (χ3v) is 6.34. The summed E-state index contributed by atoms with van der Waals surface area (Å²) in [6.07, 6.45) is 1.21. The number of pyridine rings is 1. The second kappa shape index (κ2) is 9.98. The van der Waals surface area contributed by atoms with Crippen LogP contribution in [-0.2, 0) is 4.79 Å². The van der Waals surface area contributed by atoms with Crippen LogP contribution in [0.4, 0.5) is 10.1 Å². The van der Waals surface area contributed by atoms with Crippen LogP contribution in [0.3, 0.4) is 0 Å². The zero-order valence-electron chi connectivity index (χ0n) is 19.1. The van der Waals surface area contributed by atoms with E-state index in [2.05, 4.69) is 10.2 Å². The van der Waals surface area contributed by atoms with E-state index in [1.807, 2.05) is 42.2 Å². The van der Waals surface area contributed by atoms with E-state index in [1.54, 1.807) is 19.2 Å². The third-order valence-electron chi connectivity index (χ3n) is 6.34. The van der Waals surface area contributed by atoms with E-state index < -0.39 is 0 Å². The predicted octanol–water partition coefficient (Wildman–Crippen LogP) is 3.97. The number of fused-ring (bicyclic) bond motifs is 1. The van der Waals surface area contributed by atoms with Crippen molar-refractivity contribution in [2.24, 2.45) is 0 Å². The Bertz CT molecular complexity index is 1150. The second-order valence-corrected chi connectivity index (χ2v) is 8.32. The number of carbonyl (C=O) groups is 2. The van der Waals surface area contributed by atoms with Gasteiger partial charge in [-0.15, -0.1) is 0 Å². The standard InChI is InChI=1S/C26H29FN4O2/c1-3-30(20-10-8-19(27)9-11-20)15-13-25(32)31-14-12-18(17-31)24-16-22(26(33)28-2)21-6-4-5-7-23(21)29-24/h4-11,16,18H,3,12-15,17H2,1-2H3,(H,28,33). The van der Waals surface area contributed by atoms with E-state index in [9.17, 15) is 14.0 Å². The maximum absolute atomic E-state index is 13.2. The smallest absolute Gasteiger partial charge is 0.251 e. The fourth-order valence-electron chi connectivity index (χ4n) is 4.47. The fourth-order valence-corrected chi connectivity index (χ4v) is 4.47. The Labute approximate surface area is 193 Å². The molecular weight excluding hydrogens is 419 g/mol. The molecule has 1 aliphatic rings. The molecule has 0 radical (unpaired) electrons. The number of amides is 2. The zero-order chi connectivity index (χ0) is 23.4. The van der Waals surface area contributed by atoms with Gasteiger partial charge in [0.05, 0.1) is 11.1 Å². The van der Waals surface area contributed by atoms with Crippen molar-refractivity contribution in [3.05, 3.63) is 71.7 Å². The summed E-state index contributed by atoms with van der Waals surface area (Å²) in [5.74, 6) is -0.205. The minimum atomic E-state index is -0.268. The second-order valence-electron chi connectivity index (χ2n) is 8.32. The molecule has 1 saturated heterocycles. The number of hydrogen-bond donors (Lipinski definition) is 1. The first-order chi connectivity index (χ1) is 16.0. The van der Waals surface area contributed by atoms with Crippen molar-refractivity contribution in [3.63, 3.8) is 0 Å². The number of hydrogen-bond acceptors (Lipinski definition) is 4. The molecule has 0 aliphatic carbocycles. The van der Waals surface area contributed by atoms with Crippen LogP contribution < -0.4 is 10.2 Å². The molecule has 1 aliphatic heterocycles. The molecule has 3 aromatic rings. The number of carbonyl (C=O) groups excluding carboxylic acids is 2. The Kier molecular flexibility index (Phi) is 6.87. The van der Waals surface area contributed by atoms with E-state index in [0.29, 0.717) is 31.6 Å². The third kappa shape index (κ3) is 4.97. The minimum Gasteiger partial charge on any atom is -0.371 e. The van der Waals surface area contributed by atoms with E-state index in [-0.39, 0.29) is 23.5 Å². The summed E-state index contributed by atoms with van der Waals surface area (Å²) in [5, 5.41) is 3.54. The normalized spacial score (nSPS) is 15.6. The molecule has 2 heterocycles. The molecule has 1 aromatic heterocycles. The molecule has 1 fully saturated rings. The fraction of sp³-hybridized carbons (Fsp3) is 0.346. The van der Waals surface area contributed by atoms with E-state index >= 15 is 0 Å². The number of para-hydroxylation sites is 1. The maximum Gasteiger partial charge on any atom is 0.251 e. The van der Waals surface area contributed by atoms with Gasteiger partial charge < -0.3 is 15.1 Å². The van der Waals surface area contributed by atoms with Gasteiger partial charge in [-0.2, -0.15) is 0 Å². The molecule has 172 valence electrons. The molecule has 0 spiro atoms. The zero-order valence-corrected chi connectivity index (χ0v) is 19.1. The maximum atomic E-state index is 13.2. The monoisotopic (exact) mass is 448 g/mol. The van der Waals surface area contributed by atoms with Crippen LogP contribution in [0.1, 0.15) is 41.7 Å². The molecule has 1 atom stereocenters. The topological polar surface area (TPSA) is 65.5 Å². The summed E-state index contributed by atoms with van der Waals surface area (Å²) in [5.41, 5.74) is 3.16. The summed E-state index contributed by atoms with van der Waals surface area (Å²) in [6.45, 7) is 4.62. The molecule has 7 heteroatoms. The van der Waals surface area contributed by atoms with Crippen molar-refractivity contribution in [1.29, 1.82) is 0 Å². The largest absolute Gasteiger partial charge is 0.371 e. The average Bonchev–Trinajstić information content (AvgIpc) is 3.34. The van der Waals surface area contributed by atoms with Crippen molar-refractivity contribution in [1.82, 2.24) is 15.2 Å². The number of anilines is 1. The van der Waals surface area contributed by atoms with Gasteiger partial charge in [0.15, 0.2) is 0 Å². The molecule has 2 amide bonds. The summed E-state index contributed by atoms with van der Waals surface area (Å²) in [6, 6.07) is 15.9. The number of likely N-dealkylation sites (tertiary alicyclic amines) is 1. The summed E-state index contributed by atoms with van der Waals surface area (Å²) in [7, 11) is 1.62. The number of aromatic nitrogens is 1. The van der Waals surface area contributed by atoms with Crippen LogP contribution in [0, 0.1) is 5.82 Å². The van der Waals surface area contributed by atoms with Gasteiger partial charge in [-0.25, -0.2) is 4.39 Å². The van der Waals surface area contributed by atoms with E-state index in [1.165, 1.54) is 12.1 Å². The van der Waals surface area contributed by atoms with Crippen LogP contribution in [0.25, 0.3) is 10.9 Å². The van der Waals surface area contributed by atoms with Crippen LogP contribution >= 0.6 is 0 Å². The van der Waals surface area contributed by atoms with Crippen molar-refractivity contribution in [2.45, 2.75) is 25.7 Å². The van der Waals surface area contributed by atoms with Crippen molar-refractivity contribution in [3.8, 4) is 0 Å². The summed E-state index contributed by atoms with van der Waals surface area (Å²) in [4.78, 5) is 34.1. The lowest BCUT2D eigenvalue weighted by Gasteiger charge is -2.24. The molecule has 1 unspecified atom stereocenters. The lowest BCUT2D eigenvalue weighted by atomic mass is 9.99. The highest BCUT2D eigenvalue weighted by molar-refractivity contribution is 6.06. The Balaban J connectivity index is 1.43. The average molecular weight is 449 g/mol. The molecule has 2 aromatic carbocycles. The van der Waals surface area contributed by atoms with Crippen molar-refractivity contribution >= 4 is 28.4 Å². The van der Waals surface area contributed by atoms with Crippen LogP contribution in [-0.4, -0.2) is 54.9 Å². The SMILES string of the molecule is CCN(CCC(=O)N1CCC(c2cc(C(=O)NC)c3ccccc3n2)C1)c1ccc(F)cc1. The molecule has 33 heavy (non-hydrogen) atoms. The Morgan fingerprint density at radius 2 is 1.94 bits per heavy atom. The molecule has 0 saturated carbocycles. The summed E-state index contributed by atoms with van der Waals surface area (Å²) >= 11 is 0. The van der Waals surface area contributed by atoms with E-state index in [0.717, 1.165) is 35.2 Å².